The fourth-order valence-electron chi connectivity index (χ4n) is 1.86. The molecule has 1 atom stereocenters. The Kier molecular flexibility index (Phi) is 4.67. The minimum absolute atomic E-state index is 0.0201. The summed E-state index contributed by atoms with van der Waals surface area (Å²) in [5, 5.41) is 14.5. The number of carbonyl (C=O) groups is 1. The number of furan rings is 1. The average Bonchev–Trinajstić information content (AvgIpc) is 3.04. The third-order valence-electron chi connectivity index (χ3n) is 3.09. The van der Waals surface area contributed by atoms with Gasteiger partial charge in [-0.3, -0.25) is 0 Å². The van der Waals surface area contributed by atoms with Gasteiger partial charge in [-0.05, 0) is 31.2 Å². The molecule has 0 saturated heterocycles. The molecular formula is C16H14F2N2O3. The van der Waals surface area contributed by atoms with Crippen molar-refractivity contribution in [3.05, 3.63) is 53.5 Å². The van der Waals surface area contributed by atoms with Crippen molar-refractivity contribution in [3.8, 4) is 12.3 Å². The summed E-state index contributed by atoms with van der Waals surface area (Å²) in [6.07, 6.45) is 6.44. The van der Waals surface area contributed by atoms with E-state index in [0.717, 1.165) is 12.1 Å². The van der Waals surface area contributed by atoms with Gasteiger partial charge in [-0.15, -0.1) is 6.42 Å². The Hall–Kier alpha value is -2.85. The molecule has 0 aliphatic heterocycles. The largest absolute Gasteiger partial charge is 0.466 e. The SMILES string of the molecule is C#Cc1cc(F)c(NC(=O)NC[C@@](C)(O)c2ccco2)c(F)c1. The molecule has 2 amide bonds. The number of hydrogen-bond donors (Lipinski definition) is 3. The van der Waals surface area contributed by atoms with E-state index in [9.17, 15) is 18.7 Å². The van der Waals surface area contributed by atoms with Crippen molar-refractivity contribution in [2.75, 3.05) is 11.9 Å². The zero-order chi connectivity index (χ0) is 17.0. The van der Waals surface area contributed by atoms with Crippen molar-refractivity contribution < 1.29 is 23.1 Å². The van der Waals surface area contributed by atoms with Crippen LogP contribution in [0.5, 0.6) is 0 Å². The van der Waals surface area contributed by atoms with Crippen LogP contribution in [0.4, 0.5) is 19.3 Å². The van der Waals surface area contributed by atoms with Gasteiger partial charge in [-0.1, -0.05) is 5.92 Å². The Labute approximate surface area is 131 Å². The van der Waals surface area contributed by atoms with Crippen LogP contribution >= 0.6 is 0 Å². The highest BCUT2D eigenvalue weighted by Gasteiger charge is 2.27. The van der Waals surface area contributed by atoms with Gasteiger partial charge in [0.05, 0.1) is 12.8 Å². The Morgan fingerprint density at radius 2 is 2.09 bits per heavy atom. The molecule has 0 aliphatic rings. The Morgan fingerprint density at radius 3 is 2.61 bits per heavy atom. The number of urea groups is 1. The summed E-state index contributed by atoms with van der Waals surface area (Å²) < 4.78 is 32.5. The van der Waals surface area contributed by atoms with Crippen LogP contribution in [-0.2, 0) is 5.60 Å². The van der Waals surface area contributed by atoms with Gasteiger partial charge in [-0.2, -0.15) is 0 Å². The molecule has 0 spiro atoms. The van der Waals surface area contributed by atoms with E-state index in [1.807, 2.05) is 5.32 Å². The van der Waals surface area contributed by atoms with Crippen LogP contribution < -0.4 is 10.6 Å². The zero-order valence-corrected chi connectivity index (χ0v) is 12.2. The molecule has 2 rings (SSSR count). The first kappa shape index (κ1) is 16.5. The first-order valence-corrected chi connectivity index (χ1v) is 6.60. The third-order valence-corrected chi connectivity index (χ3v) is 3.09. The smallest absolute Gasteiger partial charge is 0.319 e. The molecule has 0 unspecified atom stereocenters. The second-order valence-corrected chi connectivity index (χ2v) is 5.02. The topological polar surface area (TPSA) is 74.5 Å². The first-order chi connectivity index (χ1) is 10.8. The number of benzene rings is 1. The summed E-state index contributed by atoms with van der Waals surface area (Å²) in [5.74, 6) is 0.353. The van der Waals surface area contributed by atoms with Gasteiger partial charge >= 0.3 is 6.03 Å². The van der Waals surface area contributed by atoms with Crippen LogP contribution in [-0.4, -0.2) is 17.7 Å². The van der Waals surface area contributed by atoms with Crippen LogP contribution in [0.2, 0.25) is 0 Å². The van der Waals surface area contributed by atoms with Gasteiger partial charge in [0, 0.05) is 5.56 Å². The van der Waals surface area contributed by atoms with Crippen LogP contribution in [0, 0.1) is 24.0 Å². The highest BCUT2D eigenvalue weighted by molar-refractivity contribution is 5.89. The van der Waals surface area contributed by atoms with Crippen molar-refractivity contribution in [2.45, 2.75) is 12.5 Å². The number of amides is 2. The molecule has 0 fully saturated rings. The van der Waals surface area contributed by atoms with Crippen molar-refractivity contribution in [2.24, 2.45) is 0 Å². The van der Waals surface area contributed by atoms with E-state index >= 15 is 0 Å². The van der Waals surface area contributed by atoms with Gasteiger partial charge in [0.1, 0.15) is 17.0 Å². The lowest BCUT2D eigenvalue weighted by molar-refractivity contribution is 0.0372. The molecule has 23 heavy (non-hydrogen) atoms. The van der Waals surface area contributed by atoms with Gasteiger partial charge in [-0.25, -0.2) is 13.6 Å². The van der Waals surface area contributed by atoms with Crippen molar-refractivity contribution >= 4 is 11.7 Å². The number of hydrogen-bond acceptors (Lipinski definition) is 3. The molecule has 1 aromatic heterocycles. The van der Waals surface area contributed by atoms with E-state index in [4.69, 9.17) is 10.8 Å². The number of nitrogens with one attached hydrogen (secondary N) is 2. The summed E-state index contributed by atoms with van der Waals surface area (Å²) in [7, 11) is 0. The lowest BCUT2D eigenvalue weighted by Crippen LogP contribution is -2.40. The lowest BCUT2D eigenvalue weighted by Gasteiger charge is -2.21. The van der Waals surface area contributed by atoms with Crippen LogP contribution in [0.1, 0.15) is 18.2 Å². The summed E-state index contributed by atoms with van der Waals surface area (Å²) in [4.78, 5) is 11.8. The third kappa shape index (κ3) is 3.87. The van der Waals surface area contributed by atoms with Crippen LogP contribution in [0.25, 0.3) is 0 Å². The number of rotatable bonds is 4. The molecule has 0 aliphatic carbocycles. The van der Waals surface area contributed by atoms with Gasteiger partial charge in [0.25, 0.3) is 0 Å². The van der Waals surface area contributed by atoms with Crippen LogP contribution in [0.15, 0.2) is 34.9 Å². The monoisotopic (exact) mass is 320 g/mol. The first-order valence-electron chi connectivity index (χ1n) is 6.60. The van der Waals surface area contributed by atoms with E-state index in [1.54, 1.807) is 6.07 Å². The van der Waals surface area contributed by atoms with E-state index in [2.05, 4.69) is 11.2 Å². The van der Waals surface area contributed by atoms with E-state index in [1.165, 1.54) is 19.3 Å². The number of carbonyl (C=O) groups excluding carboxylic acids is 1. The van der Waals surface area contributed by atoms with E-state index in [-0.39, 0.29) is 17.9 Å². The number of aliphatic hydroxyl groups is 1. The van der Waals surface area contributed by atoms with Crippen molar-refractivity contribution in [1.29, 1.82) is 0 Å². The zero-order valence-electron chi connectivity index (χ0n) is 12.2. The second kappa shape index (κ2) is 6.50. The highest BCUT2D eigenvalue weighted by Crippen LogP contribution is 2.21. The summed E-state index contributed by atoms with van der Waals surface area (Å²) in [5.41, 5.74) is -2.07. The fourth-order valence-corrected chi connectivity index (χ4v) is 1.86. The van der Waals surface area contributed by atoms with Gasteiger partial charge in [0.2, 0.25) is 0 Å². The second-order valence-electron chi connectivity index (χ2n) is 5.02. The summed E-state index contributed by atoms with van der Waals surface area (Å²) in [6, 6.07) is 4.09. The Bertz CT molecular complexity index is 726. The normalized spacial score (nSPS) is 13.0. The summed E-state index contributed by atoms with van der Waals surface area (Å²) in [6.45, 7) is 1.20. The molecule has 7 heteroatoms. The molecule has 5 nitrogen and oxygen atoms in total. The minimum Gasteiger partial charge on any atom is -0.466 e. The molecule has 3 N–H and O–H groups in total. The predicted molar refractivity (Wildman–Crippen MR) is 79.6 cm³/mol. The molecule has 0 saturated carbocycles. The minimum atomic E-state index is -1.47. The maximum atomic E-state index is 13.7. The van der Waals surface area contributed by atoms with E-state index < -0.39 is 29.0 Å². The maximum absolute atomic E-state index is 13.7. The molecule has 120 valence electrons. The molecule has 0 bridgehead atoms. The Balaban J connectivity index is 2.02. The molecule has 0 radical (unpaired) electrons. The van der Waals surface area contributed by atoms with Gasteiger partial charge < -0.3 is 20.2 Å². The standard InChI is InChI=1S/C16H14F2N2O3/c1-3-10-7-11(17)14(12(18)8-10)20-15(21)19-9-16(2,22)13-5-4-6-23-13/h1,4-8,22H,9H2,2H3,(H2,19,20,21)/t16-/m1/s1. The number of terminal acetylenes is 1. The van der Waals surface area contributed by atoms with E-state index in [0.29, 0.717) is 0 Å². The average molecular weight is 320 g/mol. The summed E-state index contributed by atoms with van der Waals surface area (Å²) >= 11 is 0. The molecule has 1 aromatic carbocycles. The number of halogens is 2. The fraction of sp³-hybridized carbons (Fsp3) is 0.188. The van der Waals surface area contributed by atoms with Crippen molar-refractivity contribution in [3.63, 3.8) is 0 Å². The quantitative estimate of drug-likeness (QED) is 0.758. The highest BCUT2D eigenvalue weighted by atomic mass is 19.1. The molecular weight excluding hydrogens is 306 g/mol. The number of anilines is 1. The van der Waals surface area contributed by atoms with Gasteiger partial charge in [0.15, 0.2) is 11.6 Å². The molecule has 1 heterocycles. The maximum Gasteiger partial charge on any atom is 0.319 e. The van der Waals surface area contributed by atoms with Crippen LogP contribution in [0.3, 0.4) is 0 Å². The Morgan fingerprint density at radius 1 is 1.43 bits per heavy atom. The van der Waals surface area contributed by atoms with Crippen molar-refractivity contribution in [1.82, 2.24) is 5.32 Å². The molecule has 2 aromatic rings. The lowest BCUT2D eigenvalue weighted by atomic mass is 10.0. The predicted octanol–water partition coefficient (Wildman–Crippen LogP) is 2.57.